The summed E-state index contributed by atoms with van der Waals surface area (Å²) in [6.07, 6.45) is 7.10. The Bertz CT molecular complexity index is 764. The molecule has 1 fully saturated rings. The van der Waals surface area contributed by atoms with E-state index in [1.807, 2.05) is 26.0 Å². The molecular weight excluding hydrogens is 352 g/mol. The van der Waals surface area contributed by atoms with Gasteiger partial charge in [0.25, 0.3) is 5.91 Å². The van der Waals surface area contributed by atoms with Crippen molar-refractivity contribution in [1.29, 1.82) is 0 Å². The predicted octanol–water partition coefficient (Wildman–Crippen LogP) is 3.12. The van der Waals surface area contributed by atoms with Crippen molar-refractivity contribution in [3.8, 4) is 0 Å². The van der Waals surface area contributed by atoms with Crippen LogP contribution in [0, 0.1) is 18.8 Å². The second kappa shape index (κ2) is 7.61. The van der Waals surface area contributed by atoms with Crippen molar-refractivity contribution in [1.82, 2.24) is 5.32 Å². The van der Waals surface area contributed by atoms with Gasteiger partial charge in [-0.1, -0.05) is 19.1 Å². The fourth-order valence-corrected chi connectivity index (χ4v) is 4.54. The van der Waals surface area contributed by atoms with Crippen LogP contribution in [0.25, 0.3) is 0 Å². The highest BCUT2D eigenvalue weighted by Gasteiger charge is 2.35. The maximum absolute atomic E-state index is 12.8. The normalized spacial score (nSPS) is 22.1. The minimum Gasteiger partial charge on any atom is -0.481 e. The summed E-state index contributed by atoms with van der Waals surface area (Å²) < 4.78 is 0. The van der Waals surface area contributed by atoms with E-state index in [1.165, 1.54) is 11.3 Å². The van der Waals surface area contributed by atoms with Crippen LogP contribution < -0.4 is 10.6 Å². The molecule has 140 valence electrons. The fourth-order valence-electron chi connectivity index (χ4n) is 3.40. The van der Waals surface area contributed by atoms with Gasteiger partial charge in [0.1, 0.15) is 5.00 Å². The Morgan fingerprint density at radius 2 is 1.85 bits per heavy atom. The maximum atomic E-state index is 12.8. The third kappa shape index (κ3) is 3.82. The zero-order valence-electron chi connectivity index (χ0n) is 15.0. The van der Waals surface area contributed by atoms with Gasteiger partial charge in [-0.15, -0.1) is 11.3 Å². The summed E-state index contributed by atoms with van der Waals surface area (Å²) in [6.45, 7) is 3.93. The molecule has 7 heteroatoms. The summed E-state index contributed by atoms with van der Waals surface area (Å²) in [5, 5.41) is 15.8. The molecule has 2 atom stereocenters. The van der Waals surface area contributed by atoms with Crippen LogP contribution in [0.15, 0.2) is 12.2 Å². The van der Waals surface area contributed by atoms with Crippen molar-refractivity contribution in [2.45, 2.75) is 52.0 Å². The van der Waals surface area contributed by atoms with E-state index in [-0.39, 0.29) is 17.9 Å². The molecule has 0 aliphatic heterocycles. The first-order valence-electron chi connectivity index (χ1n) is 9.04. The highest BCUT2D eigenvalue weighted by atomic mass is 32.1. The predicted molar refractivity (Wildman–Crippen MR) is 101 cm³/mol. The summed E-state index contributed by atoms with van der Waals surface area (Å²) >= 11 is 1.39. The van der Waals surface area contributed by atoms with Crippen molar-refractivity contribution < 1.29 is 19.5 Å². The minimum atomic E-state index is -0.960. The summed E-state index contributed by atoms with van der Waals surface area (Å²) in [5.74, 6) is -2.79. The van der Waals surface area contributed by atoms with E-state index in [0.717, 1.165) is 23.3 Å². The van der Waals surface area contributed by atoms with Crippen molar-refractivity contribution in [3.05, 3.63) is 28.2 Å². The second-order valence-corrected chi connectivity index (χ2v) is 8.15. The molecule has 3 rings (SSSR count). The summed E-state index contributed by atoms with van der Waals surface area (Å²) in [4.78, 5) is 37.9. The molecule has 0 saturated heterocycles. The van der Waals surface area contributed by atoms with E-state index in [1.54, 1.807) is 0 Å². The average Bonchev–Trinajstić information content (AvgIpc) is 3.36. The Labute approximate surface area is 156 Å². The third-order valence-electron chi connectivity index (χ3n) is 5.03. The van der Waals surface area contributed by atoms with Crippen molar-refractivity contribution >= 4 is 34.1 Å². The van der Waals surface area contributed by atoms with Gasteiger partial charge in [0, 0.05) is 10.9 Å². The number of allylic oxidation sites excluding steroid dienone is 2. The van der Waals surface area contributed by atoms with Crippen molar-refractivity contribution in [2.75, 3.05) is 5.32 Å². The lowest BCUT2D eigenvalue weighted by Gasteiger charge is -2.24. The first-order chi connectivity index (χ1) is 12.4. The van der Waals surface area contributed by atoms with Gasteiger partial charge in [0.05, 0.1) is 17.4 Å². The number of nitrogens with one attached hydrogen (secondary N) is 2. The van der Waals surface area contributed by atoms with E-state index in [0.29, 0.717) is 29.8 Å². The lowest BCUT2D eigenvalue weighted by Crippen LogP contribution is -2.35. The molecule has 1 saturated carbocycles. The fraction of sp³-hybridized carbons (Fsp3) is 0.526. The Morgan fingerprint density at radius 3 is 2.42 bits per heavy atom. The zero-order chi connectivity index (χ0) is 18.8. The monoisotopic (exact) mass is 376 g/mol. The molecule has 1 aromatic rings. The van der Waals surface area contributed by atoms with Crippen LogP contribution in [0.1, 0.15) is 53.4 Å². The number of anilines is 1. The van der Waals surface area contributed by atoms with Gasteiger partial charge in [-0.3, -0.25) is 14.4 Å². The number of hydrogen-bond acceptors (Lipinski definition) is 4. The van der Waals surface area contributed by atoms with E-state index in [4.69, 9.17) is 0 Å². The number of hydrogen-bond donors (Lipinski definition) is 3. The lowest BCUT2D eigenvalue weighted by molar-refractivity contribution is -0.146. The van der Waals surface area contributed by atoms with Crippen molar-refractivity contribution in [3.63, 3.8) is 0 Å². The van der Waals surface area contributed by atoms with E-state index >= 15 is 0 Å². The zero-order valence-corrected chi connectivity index (χ0v) is 15.8. The van der Waals surface area contributed by atoms with E-state index in [9.17, 15) is 19.5 Å². The first kappa shape index (κ1) is 18.6. The second-order valence-electron chi connectivity index (χ2n) is 6.93. The highest BCUT2D eigenvalue weighted by Crippen LogP contribution is 2.36. The summed E-state index contributed by atoms with van der Waals surface area (Å²) in [7, 11) is 0. The molecule has 2 aliphatic rings. The molecular formula is C19H24N2O4S. The lowest BCUT2D eigenvalue weighted by atomic mass is 9.82. The molecule has 2 amide bonds. The van der Waals surface area contributed by atoms with Gasteiger partial charge in [-0.05, 0) is 44.6 Å². The molecule has 6 nitrogen and oxygen atoms in total. The topological polar surface area (TPSA) is 95.5 Å². The number of carbonyl (C=O) groups excluding carboxylic acids is 2. The SMILES string of the molecule is CCc1c(C)sc(NC(=O)[C@H]2CC=CC[C@@H]2C(=O)O)c1C(=O)NC1CC1. The summed E-state index contributed by atoms with van der Waals surface area (Å²) in [5.41, 5.74) is 1.48. The Morgan fingerprint density at radius 1 is 1.19 bits per heavy atom. The molecule has 0 bridgehead atoms. The quantitative estimate of drug-likeness (QED) is 0.665. The van der Waals surface area contributed by atoms with Gasteiger partial charge < -0.3 is 15.7 Å². The number of carboxylic acids is 1. The average molecular weight is 376 g/mol. The molecule has 0 spiro atoms. The smallest absolute Gasteiger partial charge is 0.307 e. The summed E-state index contributed by atoms with van der Waals surface area (Å²) in [6, 6.07) is 0.232. The van der Waals surface area contributed by atoms with Crippen LogP contribution in [-0.2, 0) is 16.0 Å². The van der Waals surface area contributed by atoms with Crippen molar-refractivity contribution in [2.24, 2.45) is 11.8 Å². The molecule has 3 N–H and O–H groups in total. The van der Waals surface area contributed by atoms with Gasteiger partial charge in [-0.25, -0.2) is 0 Å². The van der Waals surface area contributed by atoms with Crippen LogP contribution in [0.3, 0.4) is 0 Å². The van der Waals surface area contributed by atoms with Crippen LogP contribution in [0.5, 0.6) is 0 Å². The number of thiophene rings is 1. The molecule has 0 unspecified atom stereocenters. The van der Waals surface area contributed by atoms with Gasteiger partial charge in [-0.2, -0.15) is 0 Å². The molecule has 0 aromatic carbocycles. The number of carboxylic acid groups (broad SMARTS) is 1. The number of rotatable bonds is 6. The minimum absolute atomic E-state index is 0.151. The van der Waals surface area contributed by atoms with E-state index in [2.05, 4.69) is 10.6 Å². The number of aliphatic carboxylic acids is 1. The number of aryl methyl sites for hydroxylation is 1. The molecule has 26 heavy (non-hydrogen) atoms. The number of amides is 2. The standard InChI is InChI=1S/C19H24N2O4S/c1-3-12-10(2)26-18(15(12)17(23)20-11-8-9-11)21-16(22)13-6-4-5-7-14(13)19(24)25/h4-5,11,13-14H,3,6-9H2,1-2H3,(H,20,23)(H,21,22)(H,24,25)/t13-,14-/m0/s1. The molecule has 1 heterocycles. The van der Waals surface area contributed by atoms with Crippen LogP contribution in [-0.4, -0.2) is 28.9 Å². The Kier molecular flexibility index (Phi) is 5.46. The third-order valence-corrected chi connectivity index (χ3v) is 6.09. The van der Waals surface area contributed by atoms with E-state index < -0.39 is 17.8 Å². The van der Waals surface area contributed by atoms with Gasteiger partial charge in [0.15, 0.2) is 0 Å². The number of carbonyl (C=O) groups is 3. The molecule has 1 aromatic heterocycles. The largest absolute Gasteiger partial charge is 0.481 e. The molecule has 0 radical (unpaired) electrons. The first-order valence-corrected chi connectivity index (χ1v) is 9.85. The Hall–Kier alpha value is -2.15. The highest BCUT2D eigenvalue weighted by molar-refractivity contribution is 7.16. The van der Waals surface area contributed by atoms with Crippen LogP contribution in [0.2, 0.25) is 0 Å². The van der Waals surface area contributed by atoms with Crippen LogP contribution >= 0.6 is 11.3 Å². The molecule has 2 aliphatic carbocycles. The van der Waals surface area contributed by atoms with Gasteiger partial charge in [0.2, 0.25) is 5.91 Å². The maximum Gasteiger partial charge on any atom is 0.307 e. The van der Waals surface area contributed by atoms with Gasteiger partial charge >= 0.3 is 5.97 Å². The van der Waals surface area contributed by atoms with Crippen LogP contribution in [0.4, 0.5) is 5.00 Å². The Balaban J connectivity index is 1.84.